The van der Waals surface area contributed by atoms with E-state index in [1.807, 2.05) is 46.9 Å². The van der Waals surface area contributed by atoms with Crippen molar-refractivity contribution >= 4 is 36.4 Å². The van der Waals surface area contributed by atoms with Crippen molar-refractivity contribution in [2.75, 3.05) is 26.7 Å². The van der Waals surface area contributed by atoms with Crippen LogP contribution >= 0.6 is 24.8 Å². The fraction of sp³-hybridized carbons (Fsp3) is 0.529. The van der Waals surface area contributed by atoms with Crippen LogP contribution < -0.4 is 5.32 Å². The third-order valence-electron chi connectivity index (χ3n) is 4.52. The summed E-state index contributed by atoms with van der Waals surface area (Å²) in [4.78, 5) is 18.9. The van der Waals surface area contributed by atoms with E-state index in [9.17, 15) is 4.79 Å². The minimum atomic E-state index is 0. The zero-order valence-corrected chi connectivity index (χ0v) is 15.6. The van der Waals surface area contributed by atoms with Gasteiger partial charge in [0.15, 0.2) is 0 Å². The molecule has 3 rings (SSSR count). The number of carbonyl (C=O) groups excluding carboxylic acids is 1. The van der Waals surface area contributed by atoms with Crippen LogP contribution in [0.3, 0.4) is 0 Å². The Labute approximate surface area is 155 Å². The molecule has 3 heterocycles. The molecule has 134 valence electrons. The molecule has 0 spiro atoms. The lowest BCUT2D eigenvalue weighted by Crippen LogP contribution is -2.39. The molecule has 0 unspecified atom stereocenters. The largest absolute Gasteiger partial charge is 0.342 e. The van der Waals surface area contributed by atoms with E-state index in [-0.39, 0.29) is 30.7 Å². The van der Waals surface area contributed by atoms with Crippen molar-refractivity contribution in [3.05, 3.63) is 36.3 Å². The highest BCUT2D eigenvalue weighted by atomic mass is 35.5. The standard InChI is InChI=1S/C17H24N4O.2ClH/c1-18-8-5-14-6-10-20(11-7-14)17(22)12-15-13-21-9-3-2-4-16(21)19-15;;/h2-4,9,13-14,18H,5-8,10-12H2,1H3;2*1H. The Balaban J connectivity index is 0.00000144. The van der Waals surface area contributed by atoms with Crippen LogP contribution in [0.15, 0.2) is 30.6 Å². The average Bonchev–Trinajstić information content (AvgIpc) is 2.95. The van der Waals surface area contributed by atoms with E-state index in [0.717, 1.165) is 49.7 Å². The van der Waals surface area contributed by atoms with Crippen molar-refractivity contribution in [2.45, 2.75) is 25.7 Å². The van der Waals surface area contributed by atoms with Crippen LogP contribution in [-0.2, 0) is 11.2 Å². The van der Waals surface area contributed by atoms with Crippen LogP contribution in [0.2, 0.25) is 0 Å². The smallest absolute Gasteiger partial charge is 0.228 e. The Morgan fingerprint density at radius 1 is 1.29 bits per heavy atom. The number of fused-ring (bicyclic) bond motifs is 1. The maximum absolute atomic E-state index is 12.4. The second-order valence-electron chi connectivity index (χ2n) is 6.09. The summed E-state index contributed by atoms with van der Waals surface area (Å²) in [6, 6.07) is 5.89. The van der Waals surface area contributed by atoms with E-state index in [1.165, 1.54) is 6.42 Å². The van der Waals surface area contributed by atoms with E-state index in [4.69, 9.17) is 0 Å². The Bertz CT molecular complexity index is 605. The van der Waals surface area contributed by atoms with Crippen molar-refractivity contribution in [2.24, 2.45) is 5.92 Å². The number of likely N-dealkylation sites (tertiary alicyclic amines) is 1. The quantitative estimate of drug-likeness (QED) is 0.877. The fourth-order valence-corrected chi connectivity index (χ4v) is 3.16. The van der Waals surface area contributed by atoms with Gasteiger partial charge in [0.05, 0.1) is 12.1 Å². The van der Waals surface area contributed by atoms with Gasteiger partial charge in [-0.25, -0.2) is 4.98 Å². The molecule has 1 saturated heterocycles. The molecule has 1 aliphatic heterocycles. The highest BCUT2D eigenvalue weighted by Crippen LogP contribution is 2.20. The number of aromatic nitrogens is 2. The van der Waals surface area contributed by atoms with Crippen molar-refractivity contribution in [1.29, 1.82) is 0 Å². The molecule has 1 N–H and O–H groups in total. The molecule has 0 saturated carbocycles. The first-order chi connectivity index (χ1) is 10.8. The van der Waals surface area contributed by atoms with E-state index in [0.29, 0.717) is 6.42 Å². The molecular formula is C17H26Cl2N4O. The van der Waals surface area contributed by atoms with Crippen molar-refractivity contribution in [3.8, 4) is 0 Å². The van der Waals surface area contributed by atoms with Crippen LogP contribution in [0.1, 0.15) is 25.0 Å². The zero-order valence-electron chi connectivity index (χ0n) is 14.0. The summed E-state index contributed by atoms with van der Waals surface area (Å²) in [7, 11) is 1.99. The Hall–Kier alpha value is -1.30. The van der Waals surface area contributed by atoms with Gasteiger partial charge in [0.1, 0.15) is 5.65 Å². The molecule has 1 amide bonds. The first-order valence-electron chi connectivity index (χ1n) is 8.11. The average molecular weight is 373 g/mol. The first-order valence-corrected chi connectivity index (χ1v) is 8.11. The molecule has 1 fully saturated rings. The topological polar surface area (TPSA) is 49.6 Å². The van der Waals surface area contributed by atoms with Gasteiger partial charge in [0.2, 0.25) is 5.91 Å². The minimum Gasteiger partial charge on any atom is -0.342 e. The summed E-state index contributed by atoms with van der Waals surface area (Å²) in [5.41, 5.74) is 1.75. The summed E-state index contributed by atoms with van der Waals surface area (Å²) >= 11 is 0. The number of nitrogens with one attached hydrogen (secondary N) is 1. The Kier molecular flexibility index (Phi) is 8.53. The fourth-order valence-electron chi connectivity index (χ4n) is 3.16. The van der Waals surface area contributed by atoms with E-state index in [1.54, 1.807) is 0 Å². The van der Waals surface area contributed by atoms with Crippen LogP contribution in [0.5, 0.6) is 0 Å². The van der Waals surface area contributed by atoms with Crippen LogP contribution in [0.25, 0.3) is 5.65 Å². The number of rotatable bonds is 5. The van der Waals surface area contributed by atoms with Gasteiger partial charge < -0.3 is 14.6 Å². The van der Waals surface area contributed by atoms with Gasteiger partial charge >= 0.3 is 0 Å². The summed E-state index contributed by atoms with van der Waals surface area (Å²) < 4.78 is 1.96. The minimum absolute atomic E-state index is 0. The van der Waals surface area contributed by atoms with Crippen molar-refractivity contribution < 1.29 is 4.79 Å². The predicted molar refractivity (Wildman–Crippen MR) is 101 cm³/mol. The predicted octanol–water partition coefficient (Wildman–Crippen LogP) is 2.57. The maximum atomic E-state index is 12.4. The first kappa shape index (κ1) is 20.7. The van der Waals surface area contributed by atoms with Gasteiger partial charge in [-0.15, -0.1) is 24.8 Å². The molecule has 0 radical (unpaired) electrons. The molecule has 0 aromatic carbocycles. The molecular weight excluding hydrogens is 347 g/mol. The van der Waals surface area contributed by atoms with E-state index < -0.39 is 0 Å². The van der Waals surface area contributed by atoms with Gasteiger partial charge in [0.25, 0.3) is 0 Å². The number of nitrogens with zero attached hydrogens (tertiary/aromatic N) is 3. The number of hydrogen-bond acceptors (Lipinski definition) is 3. The molecule has 5 nitrogen and oxygen atoms in total. The number of amides is 1. The van der Waals surface area contributed by atoms with Crippen LogP contribution in [0, 0.1) is 5.92 Å². The SMILES string of the molecule is CNCCC1CCN(C(=O)Cc2cn3ccccc3n2)CC1.Cl.Cl. The van der Waals surface area contributed by atoms with Crippen LogP contribution in [0.4, 0.5) is 0 Å². The second-order valence-corrected chi connectivity index (χ2v) is 6.09. The molecule has 1 aliphatic rings. The molecule has 7 heteroatoms. The summed E-state index contributed by atoms with van der Waals surface area (Å²) in [5.74, 6) is 0.960. The third-order valence-corrected chi connectivity index (χ3v) is 4.52. The lowest BCUT2D eigenvalue weighted by atomic mass is 9.93. The van der Waals surface area contributed by atoms with Gasteiger partial charge in [-0.05, 0) is 50.9 Å². The van der Waals surface area contributed by atoms with E-state index >= 15 is 0 Å². The number of piperidine rings is 1. The molecule has 0 atom stereocenters. The number of imidazole rings is 1. The maximum Gasteiger partial charge on any atom is 0.228 e. The summed E-state index contributed by atoms with van der Waals surface area (Å²) in [6.07, 6.45) is 7.78. The lowest BCUT2D eigenvalue weighted by Gasteiger charge is -2.32. The van der Waals surface area contributed by atoms with Crippen molar-refractivity contribution in [3.63, 3.8) is 0 Å². The summed E-state index contributed by atoms with van der Waals surface area (Å²) in [6.45, 7) is 2.85. The summed E-state index contributed by atoms with van der Waals surface area (Å²) in [5, 5.41) is 3.20. The number of carbonyl (C=O) groups is 1. The van der Waals surface area contributed by atoms with Crippen molar-refractivity contribution in [1.82, 2.24) is 19.6 Å². The number of pyridine rings is 1. The normalized spacial score (nSPS) is 15.0. The number of hydrogen-bond donors (Lipinski definition) is 1. The van der Waals surface area contributed by atoms with E-state index in [2.05, 4.69) is 10.3 Å². The second kappa shape index (κ2) is 9.87. The molecule has 24 heavy (non-hydrogen) atoms. The molecule has 2 aromatic heterocycles. The molecule has 0 bridgehead atoms. The highest BCUT2D eigenvalue weighted by molar-refractivity contribution is 5.85. The van der Waals surface area contributed by atoms with Crippen LogP contribution in [-0.4, -0.2) is 46.9 Å². The Morgan fingerprint density at radius 2 is 2.04 bits per heavy atom. The van der Waals surface area contributed by atoms with Gasteiger partial charge in [-0.1, -0.05) is 6.07 Å². The number of halogens is 2. The molecule has 0 aliphatic carbocycles. The Morgan fingerprint density at radius 3 is 2.71 bits per heavy atom. The third kappa shape index (κ3) is 5.10. The monoisotopic (exact) mass is 372 g/mol. The van der Waals surface area contributed by atoms with Gasteiger partial charge in [-0.2, -0.15) is 0 Å². The van der Waals surface area contributed by atoms with Gasteiger partial charge in [0, 0.05) is 25.5 Å². The highest BCUT2D eigenvalue weighted by Gasteiger charge is 2.23. The van der Waals surface area contributed by atoms with Gasteiger partial charge in [-0.3, -0.25) is 4.79 Å². The lowest BCUT2D eigenvalue weighted by molar-refractivity contribution is -0.131. The molecule has 2 aromatic rings. The zero-order chi connectivity index (χ0) is 15.4.